The summed E-state index contributed by atoms with van der Waals surface area (Å²) >= 11 is 1.40. The maximum absolute atomic E-state index is 11.6. The van der Waals surface area contributed by atoms with E-state index in [0.717, 1.165) is 21.8 Å². The number of nitrogens with two attached hydrogens (primary N) is 1. The molecule has 0 aliphatic heterocycles. The standard InChI is InChI=1S/C15H18N4OS/c1-8-9(2)18-15(19-10(8)3)21-13-6-5-11(7-12(13)16)14(20)17-4/h5-7H,16H2,1-4H3,(H,17,20). The number of nitrogen functional groups attached to an aromatic ring is 1. The van der Waals surface area contributed by atoms with Crippen LogP contribution in [0.15, 0.2) is 28.3 Å². The van der Waals surface area contributed by atoms with Gasteiger partial charge in [-0.2, -0.15) is 0 Å². The first-order valence-corrected chi connectivity index (χ1v) is 7.35. The minimum Gasteiger partial charge on any atom is -0.398 e. The molecule has 6 heteroatoms. The molecule has 1 heterocycles. The molecule has 21 heavy (non-hydrogen) atoms. The largest absolute Gasteiger partial charge is 0.398 e. The second-order valence-corrected chi connectivity index (χ2v) is 5.74. The number of carbonyl (C=O) groups is 1. The monoisotopic (exact) mass is 302 g/mol. The van der Waals surface area contributed by atoms with E-state index in [-0.39, 0.29) is 5.91 Å². The quantitative estimate of drug-likeness (QED) is 0.672. The lowest BCUT2D eigenvalue weighted by atomic mass is 10.2. The summed E-state index contributed by atoms with van der Waals surface area (Å²) in [5, 5.41) is 3.23. The Bertz CT molecular complexity index is 677. The highest BCUT2D eigenvalue weighted by atomic mass is 32.2. The highest BCUT2D eigenvalue weighted by molar-refractivity contribution is 7.99. The van der Waals surface area contributed by atoms with Crippen molar-refractivity contribution in [3.8, 4) is 0 Å². The molecule has 0 saturated heterocycles. The number of carbonyl (C=O) groups excluding carboxylic acids is 1. The van der Waals surface area contributed by atoms with Crippen molar-refractivity contribution in [3.63, 3.8) is 0 Å². The van der Waals surface area contributed by atoms with Crippen molar-refractivity contribution in [1.29, 1.82) is 0 Å². The molecule has 2 aromatic rings. The topological polar surface area (TPSA) is 80.9 Å². The molecule has 0 unspecified atom stereocenters. The van der Waals surface area contributed by atoms with Crippen molar-refractivity contribution >= 4 is 23.4 Å². The van der Waals surface area contributed by atoms with Crippen LogP contribution in [0.25, 0.3) is 0 Å². The Hall–Kier alpha value is -2.08. The van der Waals surface area contributed by atoms with Crippen molar-refractivity contribution in [2.24, 2.45) is 0 Å². The number of aromatic nitrogens is 2. The Morgan fingerprint density at radius 2 is 1.81 bits per heavy atom. The van der Waals surface area contributed by atoms with Gasteiger partial charge in [-0.25, -0.2) is 9.97 Å². The van der Waals surface area contributed by atoms with Crippen LogP contribution in [0.3, 0.4) is 0 Å². The molecule has 1 aromatic carbocycles. The second kappa shape index (κ2) is 6.13. The van der Waals surface area contributed by atoms with E-state index in [1.165, 1.54) is 11.8 Å². The lowest BCUT2D eigenvalue weighted by Gasteiger charge is -2.09. The van der Waals surface area contributed by atoms with Gasteiger partial charge in [0, 0.05) is 34.6 Å². The molecule has 2 rings (SSSR count). The summed E-state index contributed by atoms with van der Waals surface area (Å²) in [6.07, 6.45) is 0. The zero-order valence-electron chi connectivity index (χ0n) is 12.5. The smallest absolute Gasteiger partial charge is 0.251 e. The van der Waals surface area contributed by atoms with E-state index in [0.29, 0.717) is 16.4 Å². The summed E-state index contributed by atoms with van der Waals surface area (Å²) in [7, 11) is 1.59. The number of amides is 1. The van der Waals surface area contributed by atoms with Crippen molar-refractivity contribution in [1.82, 2.24) is 15.3 Å². The average Bonchev–Trinajstić information content (AvgIpc) is 2.46. The highest BCUT2D eigenvalue weighted by Crippen LogP contribution is 2.31. The lowest BCUT2D eigenvalue weighted by molar-refractivity contribution is 0.0963. The van der Waals surface area contributed by atoms with E-state index in [1.807, 2.05) is 26.8 Å². The van der Waals surface area contributed by atoms with Crippen molar-refractivity contribution in [3.05, 3.63) is 40.7 Å². The molecule has 0 aliphatic carbocycles. The third-order valence-corrected chi connectivity index (χ3v) is 4.27. The molecule has 0 aliphatic rings. The molecule has 0 bridgehead atoms. The molecule has 1 amide bonds. The summed E-state index contributed by atoms with van der Waals surface area (Å²) in [4.78, 5) is 21.3. The van der Waals surface area contributed by atoms with Crippen molar-refractivity contribution in [2.75, 3.05) is 12.8 Å². The van der Waals surface area contributed by atoms with Crippen LogP contribution in [-0.2, 0) is 0 Å². The van der Waals surface area contributed by atoms with Crippen molar-refractivity contribution in [2.45, 2.75) is 30.8 Å². The molecular formula is C15H18N4OS. The molecule has 0 spiro atoms. The number of hydrogen-bond donors (Lipinski definition) is 2. The molecule has 110 valence electrons. The summed E-state index contributed by atoms with van der Waals surface area (Å²) in [5.74, 6) is -0.156. The predicted molar refractivity (Wildman–Crippen MR) is 84.6 cm³/mol. The van der Waals surface area contributed by atoms with Crippen LogP contribution in [-0.4, -0.2) is 22.9 Å². The normalized spacial score (nSPS) is 10.5. The van der Waals surface area contributed by atoms with Gasteiger partial charge in [-0.1, -0.05) is 0 Å². The van der Waals surface area contributed by atoms with Gasteiger partial charge < -0.3 is 11.1 Å². The van der Waals surface area contributed by atoms with Crippen LogP contribution >= 0.6 is 11.8 Å². The predicted octanol–water partition coefficient (Wildman–Crippen LogP) is 2.49. The Labute approximate surface area is 128 Å². The third-order valence-electron chi connectivity index (χ3n) is 3.31. The summed E-state index contributed by atoms with van der Waals surface area (Å²) in [5.41, 5.74) is 10.1. The minimum atomic E-state index is -0.156. The molecule has 0 atom stereocenters. The van der Waals surface area contributed by atoms with Gasteiger partial charge in [0.2, 0.25) is 0 Å². The van der Waals surface area contributed by atoms with E-state index >= 15 is 0 Å². The number of aryl methyl sites for hydroxylation is 2. The van der Waals surface area contributed by atoms with Crippen LogP contribution in [0, 0.1) is 20.8 Å². The zero-order valence-corrected chi connectivity index (χ0v) is 13.3. The summed E-state index contributed by atoms with van der Waals surface area (Å²) in [6.45, 7) is 5.93. The fraction of sp³-hybridized carbons (Fsp3) is 0.267. The van der Waals surface area contributed by atoms with E-state index in [9.17, 15) is 4.79 Å². The van der Waals surface area contributed by atoms with E-state index < -0.39 is 0 Å². The highest BCUT2D eigenvalue weighted by Gasteiger charge is 2.10. The number of anilines is 1. The zero-order chi connectivity index (χ0) is 15.6. The van der Waals surface area contributed by atoms with Crippen LogP contribution in [0.4, 0.5) is 5.69 Å². The Morgan fingerprint density at radius 3 is 2.33 bits per heavy atom. The number of benzene rings is 1. The van der Waals surface area contributed by atoms with Crippen LogP contribution in [0.1, 0.15) is 27.3 Å². The van der Waals surface area contributed by atoms with E-state index in [2.05, 4.69) is 15.3 Å². The van der Waals surface area contributed by atoms with E-state index in [1.54, 1.807) is 19.2 Å². The van der Waals surface area contributed by atoms with Gasteiger partial charge in [0.25, 0.3) is 5.91 Å². The Balaban J connectivity index is 2.30. The molecule has 5 nitrogen and oxygen atoms in total. The molecule has 0 saturated carbocycles. The summed E-state index contributed by atoms with van der Waals surface area (Å²) in [6, 6.07) is 5.22. The van der Waals surface area contributed by atoms with Gasteiger partial charge in [0.15, 0.2) is 5.16 Å². The SMILES string of the molecule is CNC(=O)c1ccc(Sc2nc(C)c(C)c(C)n2)c(N)c1. The number of rotatable bonds is 3. The van der Waals surface area contributed by atoms with E-state index in [4.69, 9.17) is 5.73 Å². The Morgan fingerprint density at radius 1 is 1.19 bits per heavy atom. The van der Waals surface area contributed by atoms with Gasteiger partial charge in [-0.3, -0.25) is 4.79 Å². The second-order valence-electron chi connectivity index (χ2n) is 4.74. The van der Waals surface area contributed by atoms with Gasteiger partial charge in [0.05, 0.1) is 0 Å². The average molecular weight is 302 g/mol. The van der Waals surface area contributed by atoms with Crippen LogP contribution in [0.2, 0.25) is 0 Å². The van der Waals surface area contributed by atoms with Gasteiger partial charge in [-0.05, 0) is 56.3 Å². The fourth-order valence-corrected chi connectivity index (χ4v) is 2.69. The third kappa shape index (κ3) is 3.33. The molecule has 0 radical (unpaired) electrons. The fourth-order valence-electron chi connectivity index (χ4n) is 1.81. The minimum absolute atomic E-state index is 0.156. The van der Waals surface area contributed by atoms with Crippen molar-refractivity contribution < 1.29 is 4.79 Å². The number of nitrogens with one attached hydrogen (secondary N) is 1. The first-order chi connectivity index (χ1) is 9.92. The van der Waals surface area contributed by atoms with Gasteiger partial charge >= 0.3 is 0 Å². The molecule has 0 fully saturated rings. The Kier molecular flexibility index (Phi) is 4.47. The molecule has 1 aromatic heterocycles. The molecule has 3 N–H and O–H groups in total. The molecular weight excluding hydrogens is 284 g/mol. The maximum atomic E-state index is 11.6. The number of nitrogens with zero attached hydrogens (tertiary/aromatic N) is 2. The summed E-state index contributed by atoms with van der Waals surface area (Å²) < 4.78 is 0. The number of hydrogen-bond acceptors (Lipinski definition) is 5. The maximum Gasteiger partial charge on any atom is 0.251 e. The lowest BCUT2D eigenvalue weighted by Crippen LogP contribution is -2.17. The van der Waals surface area contributed by atoms with Crippen LogP contribution in [0.5, 0.6) is 0 Å². The van der Waals surface area contributed by atoms with Gasteiger partial charge in [0.1, 0.15) is 0 Å². The van der Waals surface area contributed by atoms with Crippen LogP contribution < -0.4 is 11.1 Å². The van der Waals surface area contributed by atoms with Gasteiger partial charge in [-0.15, -0.1) is 0 Å². The first-order valence-electron chi connectivity index (χ1n) is 6.53. The first kappa shape index (κ1) is 15.3.